The maximum Gasteiger partial charge on any atom is 0.342 e. The molecular weight excluding hydrogens is 302 g/mol. The molecule has 9 heteroatoms. The molecule has 0 radical (unpaired) electrons. The summed E-state index contributed by atoms with van der Waals surface area (Å²) < 4.78 is 5.15. The molecule has 1 heterocycles. The summed E-state index contributed by atoms with van der Waals surface area (Å²) in [6, 6.07) is 7.21. The number of carbonyl (C=O) groups excluding carboxylic acids is 1. The fourth-order valence-electron chi connectivity index (χ4n) is 1.78. The molecule has 0 saturated heterocycles. The Kier molecular flexibility index (Phi) is 5.40. The number of para-hydroxylation sites is 1. The zero-order valence-corrected chi connectivity index (χ0v) is 12.3. The number of hydrogen-bond acceptors (Lipinski definition) is 6. The van der Waals surface area contributed by atoms with Crippen LogP contribution in [0.4, 0.5) is 0 Å². The molecule has 1 aromatic carbocycles. The Morgan fingerprint density at radius 1 is 1.39 bits per heavy atom. The summed E-state index contributed by atoms with van der Waals surface area (Å²) in [4.78, 5) is 35.9. The zero-order valence-electron chi connectivity index (χ0n) is 12.3. The third-order valence-electron chi connectivity index (χ3n) is 2.90. The van der Waals surface area contributed by atoms with E-state index in [4.69, 9.17) is 4.74 Å². The highest BCUT2D eigenvalue weighted by Crippen LogP contribution is 2.14. The van der Waals surface area contributed by atoms with Gasteiger partial charge < -0.3 is 4.74 Å². The predicted molar refractivity (Wildman–Crippen MR) is 82.5 cm³/mol. The van der Waals surface area contributed by atoms with E-state index < -0.39 is 11.2 Å². The summed E-state index contributed by atoms with van der Waals surface area (Å²) in [5, 5.41) is 9.52. The number of methoxy groups -OCH3 is 1. The summed E-state index contributed by atoms with van der Waals surface area (Å²) in [6.45, 7) is 0. The number of benzene rings is 1. The topological polar surface area (TPSA) is 129 Å². The van der Waals surface area contributed by atoms with Gasteiger partial charge in [-0.1, -0.05) is 12.1 Å². The Labute approximate surface area is 130 Å². The first-order valence-electron chi connectivity index (χ1n) is 6.73. The molecule has 9 nitrogen and oxygen atoms in total. The molecule has 2 rings (SSSR count). The average molecular weight is 317 g/mol. The number of aromatic nitrogens is 3. The molecule has 0 spiro atoms. The van der Waals surface area contributed by atoms with Crippen molar-refractivity contribution >= 4 is 12.1 Å². The van der Waals surface area contributed by atoms with Gasteiger partial charge in [0.15, 0.2) is 0 Å². The molecule has 0 atom stereocenters. The van der Waals surface area contributed by atoms with Crippen LogP contribution in [-0.4, -0.2) is 34.4 Å². The van der Waals surface area contributed by atoms with Crippen LogP contribution in [0, 0.1) is 0 Å². The molecule has 3 N–H and O–H groups in total. The zero-order chi connectivity index (χ0) is 16.7. The molecule has 0 fully saturated rings. The van der Waals surface area contributed by atoms with Crippen molar-refractivity contribution in [3.8, 4) is 5.75 Å². The lowest BCUT2D eigenvalue weighted by molar-refractivity contribution is -0.121. The van der Waals surface area contributed by atoms with E-state index in [1.807, 2.05) is 17.1 Å². The van der Waals surface area contributed by atoms with E-state index in [1.54, 1.807) is 19.2 Å². The van der Waals surface area contributed by atoms with Gasteiger partial charge in [-0.2, -0.15) is 10.2 Å². The van der Waals surface area contributed by atoms with Crippen LogP contribution in [0.1, 0.15) is 17.7 Å². The monoisotopic (exact) mass is 317 g/mol. The van der Waals surface area contributed by atoms with Gasteiger partial charge in [-0.15, -0.1) is 0 Å². The minimum Gasteiger partial charge on any atom is -0.496 e. The van der Waals surface area contributed by atoms with Crippen LogP contribution in [0.25, 0.3) is 0 Å². The minimum absolute atomic E-state index is 0.00535. The normalized spacial score (nSPS) is 10.7. The summed E-state index contributed by atoms with van der Waals surface area (Å²) in [5.74, 6) is 0.248. The van der Waals surface area contributed by atoms with Gasteiger partial charge in [-0.05, 0) is 12.1 Å². The summed E-state index contributed by atoms with van der Waals surface area (Å²) >= 11 is 0. The third kappa shape index (κ3) is 4.63. The van der Waals surface area contributed by atoms with E-state index in [9.17, 15) is 14.4 Å². The Bertz CT molecular complexity index is 824. The van der Waals surface area contributed by atoms with Crippen LogP contribution in [0.15, 0.2) is 39.0 Å². The van der Waals surface area contributed by atoms with Gasteiger partial charge in [0, 0.05) is 18.4 Å². The van der Waals surface area contributed by atoms with E-state index >= 15 is 0 Å². The van der Waals surface area contributed by atoms with Gasteiger partial charge in [0.1, 0.15) is 11.4 Å². The van der Waals surface area contributed by atoms with Crippen LogP contribution < -0.4 is 21.4 Å². The Hall–Kier alpha value is -3.23. The molecule has 0 aliphatic carbocycles. The second-order valence-corrected chi connectivity index (χ2v) is 4.49. The van der Waals surface area contributed by atoms with Crippen LogP contribution in [0.2, 0.25) is 0 Å². The molecule has 0 aliphatic heterocycles. The van der Waals surface area contributed by atoms with Gasteiger partial charge in [-0.3, -0.25) is 14.6 Å². The summed E-state index contributed by atoms with van der Waals surface area (Å²) in [5.41, 5.74) is 1.84. The van der Waals surface area contributed by atoms with Gasteiger partial charge in [-0.25, -0.2) is 15.3 Å². The van der Waals surface area contributed by atoms with Crippen molar-refractivity contribution in [3.63, 3.8) is 0 Å². The fraction of sp³-hybridized carbons (Fsp3) is 0.214. The first kappa shape index (κ1) is 16.1. The maximum absolute atomic E-state index is 11.7. The number of nitrogens with zero attached hydrogens (tertiary/aromatic N) is 2. The molecule has 23 heavy (non-hydrogen) atoms. The molecule has 1 aromatic heterocycles. The summed E-state index contributed by atoms with van der Waals surface area (Å²) in [6.07, 6.45) is 1.55. The SMILES string of the molecule is COc1ccccc1C=NNC(=O)CCc1n[nH]c(=O)[nH]c1=O. The first-order valence-corrected chi connectivity index (χ1v) is 6.73. The van der Waals surface area contributed by atoms with Crippen LogP contribution in [0.5, 0.6) is 5.75 Å². The van der Waals surface area contributed by atoms with Crippen molar-refractivity contribution in [3.05, 3.63) is 56.4 Å². The lowest BCUT2D eigenvalue weighted by Crippen LogP contribution is -2.28. The Morgan fingerprint density at radius 3 is 2.91 bits per heavy atom. The van der Waals surface area contributed by atoms with Gasteiger partial charge in [0.2, 0.25) is 5.91 Å². The van der Waals surface area contributed by atoms with Gasteiger partial charge in [0.25, 0.3) is 5.56 Å². The molecule has 0 saturated carbocycles. The minimum atomic E-state index is -0.690. The summed E-state index contributed by atoms with van der Waals surface area (Å²) in [7, 11) is 1.54. The van der Waals surface area contributed by atoms with E-state index in [2.05, 4.69) is 20.7 Å². The van der Waals surface area contributed by atoms with E-state index in [-0.39, 0.29) is 24.4 Å². The number of hydrazone groups is 1. The Morgan fingerprint density at radius 2 is 2.17 bits per heavy atom. The molecule has 0 bridgehead atoms. The molecule has 120 valence electrons. The standard InChI is InChI=1S/C14H15N5O4/c1-23-11-5-3-2-4-9(11)8-15-18-12(20)7-6-10-13(21)16-14(22)19-17-10/h2-5,8H,6-7H2,1H3,(H,18,20)(H2,16,19,21,22). The van der Waals surface area contributed by atoms with Crippen molar-refractivity contribution in [2.24, 2.45) is 5.10 Å². The highest BCUT2D eigenvalue weighted by Gasteiger charge is 2.06. The number of rotatable bonds is 6. The second kappa shape index (κ2) is 7.69. The molecule has 0 unspecified atom stereocenters. The van der Waals surface area contributed by atoms with Crippen LogP contribution in [0.3, 0.4) is 0 Å². The number of aromatic amines is 2. The van der Waals surface area contributed by atoms with Crippen LogP contribution >= 0.6 is 0 Å². The van der Waals surface area contributed by atoms with Crippen molar-refractivity contribution < 1.29 is 9.53 Å². The first-order chi connectivity index (χ1) is 11.1. The molecule has 2 aromatic rings. The number of hydrogen-bond donors (Lipinski definition) is 3. The van der Waals surface area contributed by atoms with Gasteiger partial charge in [0.05, 0.1) is 13.3 Å². The van der Waals surface area contributed by atoms with E-state index in [1.165, 1.54) is 6.21 Å². The van der Waals surface area contributed by atoms with Crippen LogP contribution in [-0.2, 0) is 11.2 Å². The van der Waals surface area contributed by atoms with Gasteiger partial charge >= 0.3 is 5.69 Å². The second-order valence-electron chi connectivity index (χ2n) is 4.49. The average Bonchev–Trinajstić information content (AvgIpc) is 2.54. The fourth-order valence-corrected chi connectivity index (χ4v) is 1.78. The Balaban J connectivity index is 1.89. The number of aryl methyl sites for hydroxylation is 1. The predicted octanol–water partition coefficient (Wildman–Crippen LogP) is -0.450. The maximum atomic E-state index is 11.7. The molecule has 1 amide bonds. The van der Waals surface area contributed by atoms with Crippen molar-refractivity contribution in [1.82, 2.24) is 20.6 Å². The van der Waals surface area contributed by atoms with Crippen molar-refractivity contribution in [1.29, 1.82) is 0 Å². The number of ether oxygens (including phenoxy) is 1. The lowest BCUT2D eigenvalue weighted by atomic mass is 10.2. The number of carbonyl (C=O) groups is 1. The molecular formula is C14H15N5O4. The highest BCUT2D eigenvalue weighted by molar-refractivity contribution is 5.85. The quantitative estimate of drug-likeness (QED) is 0.491. The largest absolute Gasteiger partial charge is 0.496 e. The molecule has 0 aliphatic rings. The van der Waals surface area contributed by atoms with Crippen molar-refractivity contribution in [2.75, 3.05) is 7.11 Å². The van der Waals surface area contributed by atoms with E-state index in [0.717, 1.165) is 0 Å². The third-order valence-corrected chi connectivity index (χ3v) is 2.90. The van der Waals surface area contributed by atoms with Crippen molar-refractivity contribution in [2.45, 2.75) is 12.8 Å². The highest BCUT2D eigenvalue weighted by atomic mass is 16.5. The number of nitrogens with one attached hydrogen (secondary N) is 3. The number of amides is 1. The van der Waals surface area contributed by atoms with E-state index in [0.29, 0.717) is 11.3 Å². The lowest BCUT2D eigenvalue weighted by Gasteiger charge is -2.03. The number of H-pyrrole nitrogens is 2. The smallest absolute Gasteiger partial charge is 0.342 e.